The van der Waals surface area contributed by atoms with Crippen LogP contribution in [0.5, 0.6) is 0 Å². The van der Waals surface area contributed by atoms with Crippen LogP contribution in [0.1, 0.15) is 34.6 Å². The predicted octanol–water partition coefficient (Wildman–Crippen LogP) is 3.44. The smallest absolute Gasteiger partial charge is 0.281 e. The molecule has 1 aromatic carbocycles. The fourth-order valence-corrected chi connectivity index (χ4v) is 4.86. The van der Waals surface area contributed by atoms with Crippen LogP contribution < -0.4 is 11.1 Å². The number of ether oxygens (including phenoxy) is 1. The van der Waals surface area contributed by atoms with Gasteiger partial charge in [-0.1, -0.05) is 11.8 Å². The monoisotopic (exact) mass is 469 g/mol. The molecule has 32 heavy (non-hydrogen) atoms. The minimum atomic E-state index is -2.80. The summed E-state index contributed by atoms with van der Waals surface area (Å²) in [5.74, 6) is -0.969. The number of benzene rings is 1. The van der Waals surface area contributed by atoms with Crippen LogP contribution >= 0.6 is 11.8 Å². The lowest BCUT2D eigenvalue weighted by atomic mass is 9.75. The Labute approximate surface area is 184 Å². The molecule has 4 rings (SSSR count). The number of anilines is 1. The number of amidine groups is 1. The molecule has 1 unspecified atom stereocenters. The Morgan fingerprint density at radius 1 is 1.34 bits per heavy atom. The zero-order chi connectivity index (χ0) is 22.9. The normalized spacial score (nSPS) is 25.2. The molecule has 1 saturated heterocycles. The maximum Gasteiger partial charge on any atom is 0.281 e. The second-order valence-corrected chi connectivity index (χ2v) is 8.52. The molecule has 3 heterocycles. The molecule has 1 aromatic heterocycles. The molecule has 0 saturated carbocycles. The van der Waals surface area contributed by atoms with Gasteiger partial charge in [0.05, 0.1) is 25.1 Å². The summed E-state index contributed by atoms with van der Waals surface area (Å²) >= 11 is 1.32. The molecule has 1 fully saturated rings. The fraction of sp³-hybridized carbons (Fsp3) is 0.400. The van der Waals surface area contributed by atoms with E-state index in [9.17, 15) is 22.4 Å². The van der Waals surface area contributed by atoms with Crippen molar-refractivity contribution >= 4 is 28.5 Å². The quantitative estimate of drug-likeness (QED) is 0.651. The molecule has 3 N–H and O–H groups in total. The average molecular weight is 469 g/mol. The molecule has 2 aliphatic heterocycles. The predicted molar refractivity (Wildman–Crippen MR) is 111 cm³/mol. The molecular weight excluding hydrogens is 450 g/mol. The van der Waals surface area contributed by atoms with E-state index in [0.29, 0.717) is 12.2 Å². The minimum absolute atomic E-state index is 0.0532. The number of halogens is 4. The van der Waals surface area contributed by atoms with Crippen molar-refractivity contribution in [2.24, 2.45) is 16.6 Å². The van der Waals surface area contributed by atoms with Crippen LogP contribution in [0.4, 0.5) is 23.2 Å². The molecule has 3 atom stereocenters. The number of aliphatic imine (C=N–C) groups is 1. The second-order valence-electron chi connectivity index (χ2n) is 7.48. The zero-order valence-corrected chi connectivity index (χ0v) is 17.4. The van der Waals surface area contributed by atoms with Gasteiger partial charge in [0, 0.05) is 22.9 Å². The third-order valence-electron chi connectivity index (χ3n) is 5.49. The lowest BCUT2D eigenvalue weighted by Crippen LogP contribution is -2.50. The topological polar surface area (TPSA) is 102 Å². The van der Waals surface area contributed by atoms with Gasteiger partial charge in [0.25, 0.3) is 12.3 Å². The molecule has 0 aliphatic carbocycles. The number of hydrogen-bond donors (Lipinski definition) is 2. The van der Waals surface area contributed by atoms with Crippen LogP contribution in [0.2, 0.25) is 0 Å². The standard InChI is InChI=1S/C20H19F4N5O2S/c21-5-12-3-10-8-32-19(25)29-20(10,9-31-12)13-4-11(1-2-14(13)22)28-18(30)16-7-26-15(6-27-16)17(23)24/h1-2,4,6-7,10,12,17H,3,5,8-9H2,(H2,25,29)(H,28,30)/t10?,12-,20+/m1/s1. The van der Waals surface area contributed by atoms with E-state index in [1.807, 2.05) is 0 Å². The van der Waals surface area contributed by atoms with Gasteiger partial charge in [0.15, 0.2) is 5.17 Å². The van der Waals surface area contributed by atoms with E-state index < -0.39 is 42.2 Å². The number of amides is 1. The van der Waals surface area contributed by atoms with Crippen LogP contribution in [-0.2, 0) is 10.3 Å². The Morgan fingerprint density at radius 2 is 2.16 bits per heavy atom. The van der Waals surface area contributed by atoms with E-state index >= 15 is 0 Å². The SMILES string of the molecule is NC1=N[C@@]2(c3cc(NC(=O)c4cnc(C(F)F)cn4)ccc3F)CO[C@@H](CF)CC2CS1. The highest BCUT2D eigenvalue weighted by molar-refractivity contribution is 8.13. The van der Waals surface area contributed by atoms with Gasteiger partial charge in [-0.25, -0.2) is 27.5 Å². The lowest BCUT2D eigenvalue weighted by molar-refractivity contribution is -0.0652. The largest absolute Gasteiger partial charge is 0.379 e. The van der Waals surface area contributed by atoms with E-state index in [1.165, 1.54) is 30.0 Å². The van der Waals surface area contributed by atoms with Crippen molar-refractivity contribution in [2.75, 3.05) is 24.4 Å². The highest BCUT2D eigenvalue weighted by atomic mass is 32.2. The first-order valence-corrected chi connectivity index (χ1v) is 10.7. The number of alkyl halides is 3. The molecular formula is C20H19F4N5O2S. The number of fused-ring (bicyclic) bond motifs is 1. The van der Waals surface area contributed by atoms with Gasteiger partial charge in [-0.05, 0) is 24.6 Å². The highest BCUT2D eigenvalue weighted by Crippen LogP contribution is 2.47. The van der Waals surface area contributed by atoms with Crippen LogP contribution in [0.3, 0.4) is 0 Å². The Hall–Kier alpha value is -2.73. The first-order valence-electron chi connectivity index (χ1n) is 9.69. The summed E-state index contributed by atoms with van der Waals surface area (Å²) in [6.07, 6.45) is -1.29. The Kier molecular flexibility index (Phi) is 6.33. The number of carbonyl (C=O) groups excluding carboxylic acids is 1. The van der Waals surface area contributed by atoms with Gasteiger partial charge < -0.3 is 15.8 Å². The maximum absolute atomic E-state index is 15.0. The van der Waals surface area contributed by atoms with Crippen molar-refractivity contribution < 1.29 is 27.1 Å². The Morgan fingerprint density at radius 3 is 2.84 bits per heavy atom. The van der Waals surface area contributed by atoms with E-state index in [-0.39, 0.29) is 34.6 Å². The van der Waals surface area contributed by atoms with Crippen molar-refractivity contribution in [1.82, 2.24) is 9.97 Å². The molecule has 0 radical (unpaired) electrons. The van der Waals surface area contributed by atoms with Crippen LogP contribution in [0.25, 0.3) is 0 Å². The maximum atomic E-state index is 15.0. The summed E-state index contributed by atoms with van der Waals surface area (Å²) in [4.78, 5) is 24.2. The summed E-state index contributed by atoms with van der Waals surface area (Å²) in [7, 11) is 0. The van der Waals surface area contributed by atoms with Crippen LogP contribution in [0.15, 0.2) is 35.6 Å². The number of nitrogens with two attached hydrogens (primary N) is 1. The summed E-state index contributed by atoms with van der Waals surface area (Å²) < 4.78 is 59.0. The molecule has 0 spiro atoms. The molecule has 0 bridgehead atoms. The number of aromatic nitrogens is 2. The van der Waals surface area contributed by atoms with Gasteiger partial charge in [-0.3, -0.25) is 9.78 Å². The van der Waals surface area contributed by atoms with Crippen molar-refractivity contribution in [1.29, 1.82) is 0 Å². The fourth-order valence-electron chi connectivity index (χ4n) is 3.85. The first kappa shape index (κ1) is 22.5. The van der Waals surface area contributed by atoms with Crippen molar-refractivity contribution in [3.63, 3.8) is 0 Å². The Bertz CT molecular complexity index is 1040. The number of nitrogens with one attached hydrogen (secondary N) is 1. The van der Waals surface area contributed by atoms with E-state index in [0.717, 1.165) is 12.4 Å². The third-order valence-corrected chi connectivity index (χ3v) is 6.45. The molecule has 7 nitrogen and oxygen atoms in total. The average Bonchev–Trinajstić information content (AvgIpc) is 2.79. The highest BCUT2D eigenvalue weighted by Gasteiger charge is 2.49. The zero-order valence-electron chi connectivity index (χ0n) is 16.6. The number of thioether (sulfide) groups is 1. The van der Waals surface area contributed by atoms with Crippen LogP contribution in [0, 0.1) is 11.7 Å². The summed E-state index contributed by atoms with van der Waals surface area (Å²) in [6, 6.07) is 3.95. The lowest BCUT2D eigenvalue weighted by Gasteiger charge is -2.46. The third kappa shape index (κ3) is 4.29. The van der Waals surface area contributed by atoms with Gasteiger partial charge in [0.1, 0.15) is 29.4 Å². The van der Waals surface area contributed by atoms with E-state index in [4.69, 9.17) is 10.5 Å². The molecule has 1 amide bonds. The van der Waals surface area contributed by atoms with Gasteiger partial charge in [-0.15, -0.1) is 0 Å². The first-order chi connectivity index (χ1) is 15.3. The molecule has 12 heteroatoms. The minimum Gasteiger partial charge on any atom is -0.379 e. The summed E-state index contributed by atoms with van der Waals surface area (Å²) in [5.41, 5.74) is 4.45. The molecule has 170 valence electrons. The summed E-state index contributed by atoms with van der Waals surface area (Å²) in [6.45, 7) is -0.706. The van der Waals surface area contributed by atoms with Gasteiger partial charge in [0.2, 0.25) is 0 Å². The number of hydrogen-bond acceptors (Lipinski definition) is 7. The van der Waals surface area contributed by atoms with Gasteiger partial charge in [-0.2, -0.15) is 0 Å². The Balaban J connectivity index is 1.63. The van der Waals surface area contributed by atoms with Crippen molar-refractivity contribution in [2.45, 2.75) is 24.5 Å². The van der Waals surface area contributed by atoms with Gasteiger partial charge >= 0.3 is 0 Å². The van der Waals surface area contributed by atoms with E-state index in [2.05, 4.69) is 20.3 Å². The van der Waals surface area contributed by atoms with E-state index in [1.54, 1.807) is 0 Å². The number of rotatable bonds is 5. The van der Waals surface area contributed by atoms with Crippen molar-refractivity contribution in [3.05, 3.63) is 53.4 Å². The number of nitrogens with zero attached hydrogens (tertiary/aromatic N) is 3. The summed E-state index contributed by atoms with van der Waals surface area (Å²) in [5, 5.41) is 2.83. The molecule has 2 aromatic rings. The molecule has 2 aliphatic rings. The second kappa shape index (κ2) is 9.02. The van der Waals surface area contributed by atoms with Crippen LogP contribution in [-0.4, -0.2) is 46.2 Å². The number of carbonyl (C=O) groups is 1. The van der Waals surface area contributed by atoms with Crippen molar-refractivity contribution in [3.8, 4) is 0 Å².